The molecule has 3 rings (SSSR count). The SMILES string of the molecule is Cc1ccnn1CC(=O)N1CCC(O)(CNc2ncc(C#N)cc2Cl)CC1. The van der Waals surface area contributed by atoms with Crippen molar-refractivity contribution in [2.24, 2.45) is 0 Å². The summed E-state index contributed by atoms with van der Waals surface area (Å²) in [6, 6.07) is 5.36. The zero-order valence-corrected chi connectivity index (χ0v) is 15.8. The number of carbonyl (C=O) groups excluding carboxylic acids is 1. The van der Waals surface area contributed by atoms with Crippen LogP contribution < -0.4 is 5.32 Å². The lowest BCUT2D eigenvalue weighted by Gasteiger charge is -2.38. The van der Waals surface area contributed by atoms with Gasteiger partial charge in [0, 0.05) is 37.7 Å². The molecule has 2 aromatic heterocycles. The molecular formula is C18H21ClN6O2. The molecule has 2 aromatic rings. The molecule has 0 aromatic carbocycles. The Bertz CT molecular complexity index is 867. The lowest BCUT2D eigenvalue weighted by molar-refractivity contribution is -0.135. The van der Waals surface area contributed by atoms with E-state index in [2.05, 4.69) is 15.4 Å². The number of aliphatic hydroxyl groups is 1. The van der Waals surface area contributed by atoms with Gasteiger partial charge in [-0.15, -0.1) is 0 Å². The summed E-state index contributed by atoms with van der Waals surface area (Å²) >= 11 is 6.10. The van der Waals surface area contributed by atoms with Gasteiger partial charge in [0.2, 0.25) is 5.91 Å². The van der Waals surface area contributed by atoms with E-state index in [-0.39, 0.29) is 19.0 Å². The topological polar surface area (TPSA) is 107 Å². The first kappa shape index (κ1) is 19.1. The lowest BCUT2D eigenvalue weighted by atomic mass is 9.91. The third kappa shape index (κ3) is 4.56. The zero-order valence-electron chi connectivity index (χ0n) is 15.0. The average molecular weight is 389 g/mol. The van der Waals surface area contributed by atoms with Gasteiger partial charge in [-0.1, -0.05) is 11.6 Å². The van der Waals surface area contributed by atoms with Crippen LogP contribution in [0.5, 0.6) is 0 Å². The molecule has 0 unspecified atom stereocenters. The van der Waals surface area contributed by atoms with Crippen LogP contribution in [0, 0.1) is 18.3 Å². The Morgan fingerprint density at radius 3 is 2.81 bits per heavy atom. The monoisotopic (exact) mass is 388 g/mol. The normalized spacial score (nSPS) is 16.0. The van der Waals surface area contributed by atoms with E-state index in [9.17, 15) is 9.90 Å². The van der Waals surface area contributed by atoms with Gasteiger partial charge in [-0.3, -0.25) is 9.48 Å². The highest BCUT2D eigenvalue weighted by Crippen LogP contribution is 2.25. The van der Waals surface area contributed by atoms with E-state index in [1.165, 1.54) is 12.3 Å². The van der Waals surface area contributed by atoms with Crippen LogP contribution in [0.4, 0.5) is 5.82 Å². The molecule has 0 bridgehead atoms. The van der Waals surface area contributed by atoms with E-state index in [4.69, 9.17) is 16.9 Å². The van der Waals surface area contributed by atoms with E-state index in [0.29, 0.717) is 42.3 Å². The number of nitrogens with zero attached hydrogens (tertiary/aromatic N) is 5. The number of anilines is 1. The number of carbonyl (C=O) groups is 1. The predicted molar refractivity (Wildman–Crippen MR) is 100 cm³/mol. The van der Waals surface area contributed by atoms with E-state index in [1.54, 1.807) is 15.8 Å². The van der Waals surface area contributed by atoms with Crippen LogP contribution in [0.25, 0.3) is 0 Å². The largest absolute Gasteiger partial charge is 0.388 e. The summed E-state index contributed by atoms with van der Waals surface area (Å²) in [6.45, 7) is 3.34. The molecule has 0 aliphatic carbocycles. The van der Waals surface area contributed by atoms with Gasteiger partial charge in [0.1, 0.15) is 18.4 Å². The van der Waals surface area contributed by atoms with Crippen molar-refractivity contribution in [1.82, 2.24) is 19.7 Å². The maximum Gasteiger partial charge on any atom is 0.244 e. The van der Waals surface area contributed by atoms with Gasteiger partial charge >= 0.3 is 0 Å². The summed E-state index contributed by atoms with van der Waals surface area (Å²) in [5.74, 6) is 0.422. The van der Waals surface area contributed by atoms with Crippen molar-refractivity contribution in [2.75, 3.05) is 25.0 Å². The Hall–Kier alpha value is -2.63. The minimum absolute atomic E-state index is 0.00591. The van der Waals surface area contributed by atoms with Gasteiger partial charge < -0.3 is 15.3 Å². The molecule has 9 heteroatoms. The summed E-state index contributed by atoms with van der Waals surface area (Å²) in [4.78, 5) is 18.3. The summed E-state index contributed by atoms with van der Waals surface area (Å²) in [5.41, 5.74) is 0.369. The standard InChI is InChI=1S/C18H21ClN6O2/c1-13-2-5-23-25(13)11-16(26)24-6-3-18(27,4-7-24)12-22-17-15(19)8-14(9-20)10-21-17/h2,5,8,10,27H,3-4,6-7,11-12H2,1H3,(H,21,22). The average Bonchev–Trinajstić information content (AvgIpc) is 3.05. The minimum Gasteiger partial charge on any atom is -0.388 e. The summed E-state index contributed by atoms with van der Waals surface area (Å²) in [5, 5.41) is 27.1. The van der Waals surface area contributed by atoms with E-state index in [1.807, 2.05) is 19.1 Å². The second-order valence-electron chi connectivity index (χ2n) is 6.76. The van der Waals surface area contributed by atoms with Crippen LogP contribution in [0.2, 0.25) is 5.02 Å². The maximum atomic E-state index is 12.4. The van der Waals surface area contributed by atoms with Gasteiger partial charge in [-0.2, -0.15) is 10.4 Å². The van der Waals surface area contributed by atoms with Gasteiger partial charge in [-0.05, 0) is 31.9 Å². The van der Waals surface area contributed by atoms with Crippen LogP contribution in [0.3, 0.4) is 0 Å². The van der Waals surface area contributed by atoms with Gasteiger partial charge in [0.15, 0.2) is 0 Å². The first-order chi connectivity index (χ1) is 12.9. The molecule has 2 N–H and O–H groups in total. The Labute approximate surface area is 162 Å². The number of hydrogen-bond acceptors (Lipinski definition) is 6. The first-order valence-electron chi connectivity index (χ1n) is 8.68. The van der Waals surface area contributed by atoms with Crippen LogP contribution in [-0.2, 0) is 11.3 Å². The van der Waals surface area contributed by atoms with E-state index in [0.717, 1.165) is 5.69 Å². The van der Waals surface area contributed by atoms with Crippen LogP contribution in [0.15, 0.2) is 24.5 Å². The molecule has 1 fully saturated rings. The predicted octanol–water partition coefficient (Wildman–Crippen LogP) is 1.58. The quantitative estimate of drug-likeness (QED) is 0.805. The number of likely N-dealkylation sites (tertiary alicyclic amines) is 1. The van der Waals surface area contributed by atoms with E-state index >= 15 is 0 Å². The Kier molecular flexibility index (Phi) is 5.63. The molecule has 0 spiro atoms. The summed E-state index contributed by atoms with van der Waals surface area (Å²) in [7, 11) is 0. The third-order valence-corrected chi connectivity index (χ3v) is 5.10. The number of amides is 1. The van der Waals surface area contributed by atoms with Crippen LogP contribution in [0.1, 0.15) is 24.1 Å². The van der Waals surface area contributed by atoms with Crippen molar-refractivity contribution < 1.29 is 9.90 Å². The third-order valence-electron chi connectivity index (χ3n) is 4.82. The number of halogens is 1. The number of nitriles is 1. The van der Waals surface area contributed by atoms with Crippen molar-refractivity contribution >= 4 is 23.3 Å². The number of aryl methyl sites for hydroxylation is 1. The molecule has 1 saturated heterocycles. The molecule has 0 atom stereocenters. The van der Waals surface area contributed by atoms with Crippen molar-refractivity contribution in [2.45, 2.75) is 31.9 Å². The molecule has 0 radical (unpaired) electrons. The number of piperidine rings is 1. The Morgan fingerprint density at radius 2 is 2.22 bits per heavy atom. The molecule has 0 saturated carbocycles. The van der Waals surface area contributed by atoms with Gasteiger partial charge in [0.05, 0.1) is 16.2 Å². The number of aromatic nitrogens is 3. The van der Waals surface area contributed by atoms with Crippen molar-refractivity contribution in [3.05, 3.63) is 40.8 Å². The summed E-state index contributed by atoms with van der Waals surface area (Å²) in [6.07, 6.45) is 4.01. The first-order valence-corrected chi connectivity index (χ1v) is 9.06. The number of nitrogens with one attached hydrogen (secondary N) is 1. The second kappa shape index (κ2) is 7.94. The molecule has 27 heavy (non-hydrogen) atoms. The minimum atomic E-state index is -0.947. The van der Waals surface area contributed by atoms with Crippen molar-refractivity contribution in [3.63, 3.8) is 0 Å². The highest BCUT2D eigenvalue weighted by molar-refractivity contribution is 6.33. The molecule has 3 heterocycles. The zero-order chi connectivity index (χ0) is 19.4. The fourth-order valence-corrected chi connectivity index (χ4v) is 3.25. The Morgan fingerprint density at radius 1 is 1.48 bits per heavy atom. The molecule has 8 nitrogen and oxygen atoms in total. The molecule has 1 amide bonds. The molecule has 142 valence electrons. The molecule has 1 aliphatic rings. The fraction of sp³-hybridized carbons (Fsp3) is 0.444. The highest BCUT2D eigenvalue weighted by Gasteiger charge is 2.34. The van der Waals surface area contributed by atoms with Crippen molar-refractivity contribution in [1.29, 1.82) is 5.26 Å². The smallest absolute Gasteiger partial charge is 0.244 e. The Balaban J connectivity index is 1.52. The molecular weight excluding hydrogens is 368 g/mol. The van der Waals surface area contributed by atoms with Crippen molar-refractivity contribution in [3.8, 4) is 6.07 Å². The summed E-state index contributed by atoms with van der Waals surface area (Å²) < 4.78 is 1.67. The van der Waals surface area contributed by atoms with Crippen LogP contribution in [-0.4, -0.2) is 55.9 Å². The van der Waals surface area contributed by atoms with Gasteiger partial charge in [-0.25, -0.2) is 4.98 Å². The second-order valence-corrected chi connectivity index (χ2v) is 7.16. The maximum absolute atomic E-state index is 12.4. The lowest BCUT2D eigenvalue weighted by Crippen LogP contribution is -2.50. The van der Waals surface area contributed by atoms with Gasteiger partial charge in [0.25, 0.3) is 0 Å². The van der Waals surface area contributed by atoms with Crippen LogP contribution >= 0.6 is 11.6 Å². The van der Waals surface area contributed by atoms with E-state index < -0.39 is 5.60 Å². The number of pyridine rings is 1. The fourth-order valence-electron chi connectivity index (χ4n) is 3.02. The number of hydrogen-bond donors (Lipinski definition) is 2. The highest BCUT2D eigenvalue weighted by atomic mass is 35.5. The number of rotatable bonds is 5. The molecule has 1 aliphatic heterocycles.